The van der Waals surface area contributed by atoms with Gasteiger partial charge in [-0.1, -0.05) is 12.1 Å². The van der Waals surface area contributed by atoms with Crippen LogP contribution in [0.15, 0.2) is 47.4 Å². The maximum atomic E-state index is 13.4. The van der Waals surface area contributed by atoms with Gasteiger partial charge in [-0.3, -0.25) is 4.79 Å². The average Bonchev–Trinajstić information content (AvgIpc) is 2.55. The Morgan fingerprint density at radius 3 is 2.48 bits per heavy atom. The van der Waals surface area contributed by atoms with E-state index in [1.54, 1.807) is 0 Å². The molecule has 0 aliphatic carbocycles. The Labute approximate surface area is 142 Å². The summed E-state index contributed by atoms with van der Waals surface area (Å²) in [5.41, 5.74) is -0.632. The molecule has 6 nitrogen and oxygen atoms in total. The summed E-state index contributed by atoms with van der Waals surface area (Å²) in [6.45, 7) is -0.799. The second kappa shape index (κ2) is 7.39. The molecule has 1 amide bonds. The van der Waals surface area contributed by atoms with E-state index >= 15 is 0 Å². The van der Waals surface area contributed by atoms with Gasteiger partial charge in [0.15, 0.2) is 16.4 Å². The summed E-state index contributed by atoms with van der Waals surface area (Å²) in [7, 11) is -3.67. The Balaban J connectivity index is 2.06. The normalized spacial score (nSPS) is 11.0. The number of anilines is 1. The number of benzene rings is 2. The van der Waals surface area contributed by atoms with Gasteiger partial charge in [0, 0.05) is 12.3 Å². The highest BCUT2D eigenvalue weighted by molar-refractivity contribution is 7.90. The number of nitrogens with one attached hydrogen (secondary N) is 1. The van der Waals surface area contributed by atoms with Crippen molar-refractivity contribution in [2.75, 3.05) is 18.2 Å². The van der Waals surface area contributed by atoms with Crippen LogP contribution in [0.4, 0.5) is 14.5 Å². The molecule has 0 bridgehead atoms. The van der Waals surface area contributed by atoms with E-state index in [0.29, 0.717) is 0 Å². The Hall–Kier alpha value is -2.81. The lowest BCUT2D eigenvalue weighted by atomic mass is 10.2. The van der Waals surface area contributed by atoms with E-state index < -0.39 is 45.6 Å². The SMILES string of the molecule is CS(=O)(=O)c1ccccc1C(=O)OCC(=O)Nc1cc(F)ccc1F. The van der Waals surface area contributed by atoms with E-state index in [1.165, 1.54) is 24.3 Å². The number of sulfone groups is 1. The minimum atomic E-state index is -3.67. The van der Waals surface area contributed by atoms with Crippen molar-refractivity contribution in [3.05, 3.63) is 59.7 Å². The van der Waals surface area contributed by atoms with E-state index in [-0.39, 0.29) is 10.5 Å². The van der Waals surface area contributed by atoms with Gasteiger partial charge in [0.05, 0.1) is 16.1 Å². The molecule has 0 saturated carbocycles. The summed E-state index contributed by atoms with van der Waals surface area (Å²) in [5, 5.41) is 2.05. The fraction of sp³-hybridized carbons (Fsp3) is 0.125. The lowest BCUT2D eigenvalue weighted by Crippen LogP contribution is -2.22. The standard InChI is InChI=1S/C16H13F2NO5S/c1-25(22,23)14-5-3-2-4-11(14)16(21)24-9-15(20)19-13-8-10(17)6-7-12(13)18/h2-8H,9H2,1H3,(H,19,20). The van der Waals surface area contributed by atoms with Crippen LogP contribution in [-0.4, -0.2) is 33.2 Å². The molecule has 2 rings (SSSR count). The first-order chi connectivity index (χ1) is 11.7. The zero-order valence-electron chi connectivity index (χ0n) is 13.0. The predicted octanol–water partition coefficient (Wildman–Crippen LogP) is 2.16. The van der Waals surface area contributed by atoms with Crippen molar-refractivity contribution in [2.24, 2.45) is 0 Å². The molecule has 2 aromatic rings. The molecule has 0 unspecified atom stereocenters. The maximum absolute atomic E-state index is 13.4. The molecule has 25 heavy (non-hydrogen) atoms. The Morgan fingerprint density at radius 1 is 1.12 bits per heavy atom. The molecule has 0 fully saturated rings. The highest BCUT2D eigenvalue weighted by Crippen LogP contribution is 2.17. The largest absolute Gasteiger partial charge is 0.452 e. The van der Waals surface area contributed by atoms with Crippen LogP contribution in [0, 0.1) is 11.6 Å². The first-order valence-corrected chi connectivity index (χ1v) is 8.79. The van der Waals surface area contributed by atoms with Gasteiger partial charge in [0.2, 0.25) is 0 Å². The zero-order chi connectivity index (χ0) is 18.6. The third-order valence-electron chi connectivity index (χ3n) is 3.04. The van der Waals surface area contributed by atoms with Crippen LogP contribution in [0.3, 0.4) is 0 Å². The molecule has 0 spiro atoms. The minimum Gasteiger partial charge on any atom is -0.452 e. The number of rotatable bonds is 5. The zero-order valence-corrected chi connectivity index (χ0v) is 13.8. The number of esters is 1. The van der Waals surface area contributed by atoms with Gasteiger partial charge in [-0.05, 0) is 24.3 Å². The smallest absolute Gasteiger partial charge is 0.339 e. The molecule has 0 saturated heterocycles. The minimum absolute atomic E-state index is 0.227. The van der Waals surface area contributed by atoms with Crippen LogP contribution >= 0.6 is 0 Å². The van der Waals surface area contributed by atoms with Gasteiger partial charge in [-0.15, -0.1) is 0 Å². The van der Waals surface area contributed by atoms with Gasteiger partial charge in [0.1, 0.15) is 11.6 Å². The van der Waals surface area contributed by atoms with Gasteiger partial charge >= 0.3 is 5.97 Å². The monoisotopic (exact) mass is 369 g/mol. The van der Waals surface area contributed by atoms with E-state index in [9.17, 15) is 26.8 Å². The van der Waals surface area contributed by atoms with Crippen LogP contribution in [-0.2, 0) is 19.4 Å². The topological polar surface area (TPSA) is 89.5 Å². The third-order valence-corrected chi connectivity index (χ3v) is 4.20. The summed E-state index contributed by atoms with van der Waals surface area (Å²) >= 11 is 0. The van der Waals surface area contributed by atoms with Gasteiger partial charge in [0.25, 0.3) is 5.91 Å². The Bertz CT molecular complexity index is 928. The lowest BCUT2D eigenvalue weighted by molar-refractivity contribution is -0.119. The predicted molar refractivity (Wildman–Crippen MR) is 84.8 cm³/mol. The fourth-order valence-corrected chi connectivity index (χ4v) is 2.82. The van der Waals surface area contributed by atoms with Crippen LogP contribution in [0.5, 0.6) is 0 Å². The fourth-order valence-electron chi connectivity index (χ4n) is 1.95. The number of carbonyl (C=O) groups excluding carboxylic acids is 2. The molecular weight excluding hydrogens is 356 g/mol. The van der Waals surface area contributed by atoms with E-state index in [0.717, 1.165) is 24.5 Å². The Morgan fingerprint density at radius 2 is 1.80 bits per heavy atom. The molecule has 0 atom stereocenters. The number of amides is 1. The molecule has 0 aliphatic rings. The molecule has 132 valence electrons. The molecule has 0 heterocycles. The highest BCUT2D eigenvalue weighted by atomic mass is 32.2. The van der Waals surface area contributed by atoms with Gasteiger partial charge in [-0.25, -0.2) is 22.0 Å². The van der Waals surface area contributed by atoms with Crippen molar-refractivity contribution >= 4 is 27.4 Å². The first kappa shape index (κ1) is 18.5. The molecule has 0 radical (unpaired) electrons. The van der Waals surface area contributed by atoms with Crippen molar-refractivity contribution in [1.29, 1.82) is 0 Å². The molecule has 0 aliphatic heterocycles. The number of halogens is 2. The molecule has 9 heteroatoms. The number of carbonyl (C=O) groups is 2. The molecular formula is C16H13F2NO5S. The van der Waals surface area contributed by atoms with Crippen molar-refractivity contribution < 1.29 is 31.5 Å². The summed E-state index contributed by atoms with van der Waals surface area (Å²) in [4.78, 5) is 23.4. The summed E-state index contributed by atoms with van der Waals surface area (Å²) in [6.07, 6.45) is 0.929. The number of hydrogen-bond donors (Lipinski definition) is 1. The van der Waals surface area contributed by atoms with Crippen molar-refractivity contribution in [2.45, 2.75) is 4.90 Å². The van der Waals surface area contributed by atoms with Crippen LogP contribution in [0.1, 0.15) is 10.4 Å². The quantitative estimate of drug-likeness (QED) is 0.816. The van der Waals surface area contributed by atoms with Crippen LogP contribution < -0.4 is 5.32 Å². The molecule has 0 aromatic heterocycles. The van der Waals surface area contributed by atoms with Gasteiger partial charge in [-0.2, -0.15) is 0 Å². The highest BCUT2D eigenvalue weighted by Gasteiger charge is 2.20. The lowest BCUT2D eigenvalue weighted by Gasteiger charge is -2.09. The third kappa shape index (κ3) is 4.83. The summed E-state index contributed by atoms with van der Waals surface area (Å²) in [5.74, 6) is -3.55. The van der Waals surface area contributed by atoms with E-state index in [2.05, 4.69) is 5.32 Å². The summed E-state index contributed by atoms with van der Waals surface area (Å²) in [6, 6.07) is 7.83. The number of hydrogen-bond acceptors (Lipinski definition) is 5. The second-order valence-corrected chi connectivity index (χ2v) is 7.00. The van der Waals surface area contributed by atoms with Crippen LogP contribution in [0.25, 0.3) is 0 Å². The van der Waals surface area contributed by atoms with Crippen LogP contribution in [0.2, 0.25) is 0 Å². The van der Waals surface area contributed by atoms with Crippen molar-refractivity contribution in [3.8, 4) is 0 Å². The van der Waals surface area contributed by atoms with E-state index in [4.69, 9.17) is 4.74 Å². The molecule has 1 N–H and O–H groups in total. The maximum Gasteiger partial charge on any atom is 0.339 e. The summed E-state index contributed by atoms with van der Waals surface area (Å²) < 4.78 is 54.5. The Kier molecular flexibility index (Phi) is 5.48. The van der Waals surface area contributed by atoms with Crippen molar-refractivity contribution in [1.82, 2.24) is 0 Å². The van der Waals surface area contributed by atoms with Crippen molar-refractivity contribution in [3.63, 3.8) is 0 Å². The average molecular weight is 369 g/mol. The van der Waals surface area contributed by atoms with E-state index in [1.807, 2.05) is 0 Å². The number of ether oxygens (including phenoxy) is 1. The second-order valence-electron chi connectivity index (χ2n) is 5.02. The van der Waals surface area contributed by atoms with Gasteiger partial charge < -0.3 is 10.1 Å². The first-order valence-electron chi connectivity index (χ1n) is 6.89. The molecule has 2 aromatic carbocycles.